The fourth-order valence-electron chi connectivity index (χ4n) is 3.77. The van der Waals surface area contributed by atoms with Crippen LogP contribution in [-0.2, 0) is 17.7 Å². The van der Waals surface area contributed by atoms with Gasteiger partial charge in [-0.3, -0.25) is 4.68 Å². The van der Waals surface area contributed by atoms with E-state index < -0.39 is 6.10 Å². The summed E-state index contributed by atoms with van der Waals surface area (Å²) in [6.45, 7) is 7.13. The maximum Gasteiger partial charge on any atom is 0.126 e. The molecule has 0 amide bonds. The Morgan fingerprint density at radius 3 is 3.00 bits per heavy atom. The first-order chi connectivity index (χ1) is 12.6. The second-order valence-corrected chi connectivity index (χ2v) is 7.38. The monoisotopic (exact) mass is 358 g/mol. The molecular weight excluding hydrogens is 326 g/mol. The average molecular weight is 359 g/mol. The molecule has 0 saturated heterocycles. The molecule has 1 heterocycles. The van der Waals surface area contributed by atoms with Crippen molar-refractivity contribution in [1.82, 2.24) is 9.78 Å². The van der Waals surface area contributed by atoms with Crippen LogP contribution in [0.1, 0.15) is 47.9 Å². The van der Waals surface area contributed by atoms with E-state index in [9.17, 15) is 5.11 Å². The van der Waals surface area contributed by atoms with E-state index in [1.807, 2.05) is 6.92 Å². The summed E-state index contributed by atoms with van der Waals surface area (Å²) >= 11 is 0. The van der Waals surface area contributed by atoms with Crippen LogP contribution in [0.3, 0.4) is 0 Å². The molecule has 1 aromatic carbocycles. The number of rotatable bonds is 9. The molecule has 1 aromatic heterocycles. The number of benzene rings is 1. The standard InChI is InChI=1S/C21H31N3O2/c1-16-13-17(2)24(23-16)12-6-11-22-14-19(25)15-26-21-10-5-8-18-7-3-4-9-20(18)21/h3-4,7,9,13,19,21-22,25H,5-6,8,10-12,14-15H2,1-2H3/p+1/t19-,21+/m1/s1. The Morgan fingerprint density at radius 2 is 2.19 bits per heavy atom. The lowest BCUT2D eigenvalue weighted by Crippen LogP contribution is -2.86. The molecule has 5 nitrogen and oxygen atoms in total. The molecule has 0 fully saturated rings. The van der Waals surface area contributed by atoms with Crippen molar-refractivity contribution in [3.63, 3.8) is 0 Å². The zero-order valence-corrected chi connectivity index (χ0v) is 16.0. The minimum absolute atomic E-state index is 0.139. The van der Waals surface area contributed by atoms with E-state index in [-0.39, 0.29) is 6.10 Å². The van der Waals surface area contributed by atoms with Crippen molar-refractivity contribution in [3.8, 4) is 0 Å². The highest BCUT2D eigenvalue weighted by atomic mass is 16.5. The van der Waals surface area contributed by atoms with Crippen molar-refractivity contribution in [1.29, 1.82) is 0 Å². The summed E-state index contributed by atoms with van der Waals surface area (Å²) in [6, 6.07) is 10.6. The maximum atomic E-state index is 10.2. The molecule has 1 aliphatic carbocycles. The Bertz CT molecular complexity index is 698. The molecule has 0 aliphatic heterocycles. The normalized spacial score (nSPS) is 17.9. The van der Waals surface area contributed by atoms with E-state index >= 15 is 0 Å². The van der Waals surface area contributed by atoms with E-state index in [0.717, 1.165) is 44.5 Å². The second kappa shape index (κ2) is 9.31. The molecule has 0 radical (unpaired) electrons. The van der Waals surface area contributed by atoms with Crippen molar-refractivity contribution in [2.75, 3.05) is 19.7 Å². The van der Waals surface area contributed by atoms with Crippen molar-refractivity contribution in [2.24, 2.45) is 0 Å². The van der Waals surface area contributed by atoms with Crippen LogP contribution in [0.15, 0.2) is 30.3 Å². The first kappa shape index (κ1) is 19.1. The minimum atomic E-state index is -0.419. The second-order valence-electron chi connectivity index (χ2n) is 7.38. The number of nitrogens with two attached hydrogens (primary N) is 1. The first-order valence-corrected chi connectivity index (χ1v) is 9.83. The predicted molar refractivity (Wildman–Crippen MR) is 102 cm³/mol. The minimum Gasteiger partial charge on any atom is -0.385 e. The number of aromatic nitrogens is 2. The Morgan fingerprint density at radius 1 is 1.35 bits per heavy atom. The van der Waals surface area contributed by atoms with Gasteiger partial charge in [0.15, 0.2) is 0 Å². The van der Waals surface area contributed by atoms with Gasteiger partial charge in [0.25, 0.3) is 0 Å². The lowest BCUT2D eigenvalue weighted by atomic mass is 9.89. The van der Waals surface area contributed by atoms with Crippen LogP contribution in [0.5, 0.6) is 0 Å². The number of aliphatic hydroxyl groups is 1. The Kier molecular flexibility index (Phi) is 6.83. The van der Waals surface area contributed by atoms with Crippen molar-refractivity contribution in [3.05, 3.63) is 52.8 Å². The summed E-state index contributed by atoms with van der Waals surface area (Å²) in [4.78, 5) is 0. The largest absolute Gasteiger partial charge is 0.385 e. The van der Waals surface area contributed by atoms with Gasteiger partial charge in [0, 0.05) is 18.7 Å². The highest BCUT2D eigenvalue weighted by Gasteiger charge is 2.21. The zero-order valence-electron chi connectivity index (χ0n) is 16.0. The van der Waals surface area contributed by atoms with E-state index in [0.29, 0.717) is 13.2 Å². The van der Waals surface area contributed by atoms with Gasteiger partial charge in [-0.15, -0.1) is 0 Å². The summed E-state index contributed by atoms with van der Waals surface area (Å²) in [5.41, 5.74) is 4.99. The third kappa shape index (κ3) is 5.16. The molecule has 2 atom stereocenters. The van der Waals surface area contributed by atoms with E-state index in [1.54, 1.807) is 0 Å². The quantitative estimate of drug-likeness (QED) is 0.673. The van der Waals surface area contributed by atoms with Gasteiger partial charge in [0.1, 0.15) is 12.6 Å². The molecule has 142 valence electrons. The molecular formula is C21H32N3O2+. The van der Waals surface area contributed by atoms with Gasteiger partial charge in [-0.1, -0.05) is 24.3 Å². The number of quaternary nitrogens is 1. The van der Waals surface area contributed by atoms with Crippen molar-refractivity contribution < 1.29 is 15.2 Å². The molecule has 2 aromatic rings. The van der Waals surface area contributed by atoms with Crippen LogP contribution in [0, 0.1) is 13.8 Å². The number of ether oxygens (including phenoxy) is 1. The average Bonchev–Trinajstić information content (AvgIpc) is 2.97. The summed E-state index contributed by atoms with van der Waals surface area (Å²) in [7, 11) is 0. The molecule has 3 N–H and O–H groups in total. The van der Waals surface area contributed by atoms with Gasteiger partial charge in [0.2, 0.25) is 0 Å². The number of hydrogen-bond acceptors (Lipinski definition) is 3. The molecule has 0 spiro atoms. The number of aliphatic hydroxyl groups excluding tert-OH is 1. The van der Waals surface area contributed by atoms with Crippen LogP contribution in [0.25, 0.3) is 0 Å². The number of aryl methyl sites for hydroxylation is 4. The Balaban J connectivity index is 1.32. The summed E-state index contributed by atoms with van der Waals surface area (Å²) in [5.74, 6) is 0. The molecule has 1 aliphatic rings. The van der Waals surface area contributed by atoms with Crippen molar-refractivity contribution >= 4 is 0 Å². The van der Waals surface area contributed by atoms with Crippen LogP contribution < -0.4 is 5.32 Å². The third-order valence-corrected chi connectivity index (χ3v) is 5.12. The molecule has 26 heavy (non-hydrogen) atoms. The molecule has 0 unspecified atom stereocenters. The Labute approximate surface area is 156 Å². The van der Waals surface area contributed by atoms with Gasteiger partial charge in [-0.2, -0.15) is 5.10 Å². The van der Waals surface area contributed by atoms with Gasteiger partial charge < -0.3 is 15.2 Å². The van der Waals surface area contributed by atoms with E-state index in [1.165, 1.54) is 16.8 Å². The third-order valence-electron chi connectivity index (χ3n) is 5.12. The molecule has 0 bridgehead atoms. The Hall–Kier alpha value is -1.69. The van der Waals surface area contributed by atoms with E-state index in [4.69, 9.17) is 4.74 Å². The lowest BCUT2D eigenvalue weighted by molar-refractivity contribution is -0.661. The van der Waals surface area contributed by atoms with Gasteiger partial charge >= 0.3 is 0 Å². The van der Waals surface area contributed by atoms with E-state index in [2.05, 4.69) is 52.4 Å². The van der Waals surface area contributed by atoms with Crippen LogP contribution in [-0.4, -0.2) is 40.7 Å². The first-order valence-electron chi connectivity index (χ1n) is 9.83. The van der Waals surface area contributed by atoms with Gasteiger partial charge in [0.05, 0.1) is 24.9 Å². The highest BCUT2D eigenvalue weighted by Crippen LogP contribution is 2.32. The summed E-state index contributed by atoms with van der Waals surface area (Å²) in [5, 5.41) is 16.9. The number of nitrogens with zero attached hydrogens (tertiary/aromatic N) is 2. The number of fused-ring (bicyclic) bond motifs is 1. The van der Waals surface area contributed by atoms with Crippen LogP contribution >= 0.6 is 0 Å². The van der Waals surface area contributed by atoms with Crippen LogP contribution in [0.4, 0.5) is 0 Å². The number of hydrogen-bond donors (Lipinski definition) is 2. The summed E-state index contributed by atoms with van der Waals surface area (Å²) in [6.07, 6.45) is 4.12. The fraction of sp³-hybridized carbons (Fsp3) is 0.571. The topological polar surface area (TPSA) is 63.9 Å². The van der Waals surface area contributed by atoms with Crippen LogP contribution in [0.2, 0.25) is 0 Å². The fourth-order valence-corrected chi connectivity index (χ4v) is 3.77. The summed E-state index contributed by atoms with van der Waals surface area (Å²) < 4.78 is 8.09. The highest BCUT2D eigenvalue weighted by molar-refractivity contribution is 5.31. The van der Waals surface area contributed by atoms with Gasteiger partial charge in [-0.05, 0) is 50.3 Å². The molecule has 5 heteroatoms. The zero-order chi connectivity index (χ0) is 18.4. The van der Waals surface area contributed by atoms with Gasteiger partial charge in [-0.25, -0.2) is 0 Å². The molecule has 3 rings (SSSR count). The maximum absolute atomic E-state index is 10.2. The predicted octanol–water partition coefficient (Wildman–Crippen LogP) is 1.91. The SMILES string of the molecule is Cc1cc(C)n(CCC[NH2+]C[C@@H](O)CO[C@H]2CCCc3ccccc32)n1. The van der Waals surface area contributed by atoms with Crippen molar-refractivity contribution in [2.45, 2.75) is 58.3 Å². The molecule has 0 saturated carbocycles. The lowest BCUT2D eigenvalue weighted by Gasteiger charge is -2.26. The smallest absolute Gasteiger partial charge is 0.126 e.